The van der Waals surface area contributed by atoms with E-state index in [1.807, 2.05) is 67.7 Å². The van der Waals surface area contributed by atoms with Crippen molar-refractivity contribution in [2.75, 3.05) is 11.1 Å². The Kier molecular flexibility index (Phi) is 5.45. The van der Waals surface area contributed by atoms with Crippen LogP contribution in [0.3, 0.4) is 0 Å². The van der Waals surface area contributed by atoms with Crippen LogP contribution >= 0.6 is 27.7 Å². The molecule has 0 radical (unpaired) electrons. The molecule has 0 aliphatic heterocycles. The minimum Gasteiger partial charge on any atom is -0.324 e. The van der Waals surface area contributed by atoms with Crippen LogP contribution in [0.2, 0.25) is 0 Å². The molecule has 0 atom stereocenters. The van der Waals surface area contributed by atoms with Gasteiger partial charge in [0.2, 0.25) is 5.91 Å². The lowest BCUT2D eigenvalue weighted by atomic mass is 10.1. The summed E-state index contributed by atoms with van der Waals surface area (Å²) in [5.74, 6) is 0.180. The fraction of sp³-hybridized carbons (Fsp3) is 0.0952. The van der Waals surface area contributed by atoms with Gasteiger partial charge in [0.15, 0.2) is 0 Å². The molecule has 0 fully saturated rings. The van der Waals surface area contributed by atoms with Crippen LogP contribution in [0.5, 0.6) is 0 Å². The number of aromatic nitrogens is 3. The lowest BCUT2D eigenvalue weighted by Gasteiger charge is -2.08. The Balaban J connectivity index is 1.50. The minimum atomic E-state index is -0.0823. The summed E-state index contributed by atoms with van der Waals surface area (Å²) in [5.41, 5.74) is 4.70. The highest BCUT2D eigenvalue weighted by molar-refractivity contribution is 9.10. The first-order valence-electron chi connectivity index (χ1n) is 8.69. The molecule has 5 nitrogen and oxygen atoms in total. The molecule has 140 valence electrons. The number of amides is 1. The van der Waals surface area contributed by atoms with E-state index in [4.69, 9.17) is 0 Å². The number of anilines is 1. The molecule has 1 N–H and O–H groups in total. The quantitative estimate of drug-likeness (QED) is 0.422. The van der Waals surface area contributed by atoms with Crippen molar-refractivity contribution in [3.63, 3.8) is 0 Å². The highest BCUT2D eigenvalue weighted by atomic mass is 79.9. The smallest absolute Gasteiger partial charge is 0.234 e. The van der Waals surface area contributed by atoms with Gasteiger partial charge in [0.25, 0.3) is 0 Å². The number of hydrogen-bond acceptors (Lipinski definition) is 4. The molecule has 0 spiro atoms. The van der Waals surface area contributed by atoms with Gasteiger partial charge in [-0.15, -0.1) is 0 Å². The maximum absolute atomic E-state index is 12.4. The number of rotatable bonds is 5. The van der Waals surface area contributed by atoms with Gasteiger partial charge in [0.1, 0.15) is 5.03 Å². The van der Waals surface area contributed by atoms with Crippen molar-refractivity contribution < 1.29 is 4.79 Å². The van der Waals surface area contributed by atoms with Gasteiger partial charge in [0, 0.05) is 22.4 Å². The van der Waals surface area contributed by atoms with Crippen LogP contribution in [0.25, 0.3) is 16.8 Å². The Bertz CT molecular complexity index is 1140. The van der Waals surface area contributed by atoms with Gasteiger partial charge in [-0.1, -0.05) is 48.2 Å². The fourth-order valence-corrected chi connectivity index (χ4v) is 4.17. The summed E-state index contributed by atoms with van der Waals surface area (Å²) in [4.78, 5) is 16.8. The number of nitrogens with one attached hydrogen (secondary N) is 1. The van der Waals surface area contributed by atoms with E-state index in [1.54, 1.807) is 10.7 Å². The molecule has 2 aromatic heterocycles. The summed E-state index contributed by atoms with van der Waals surface area (Å²) in [6, 6.07) is 17.8. The number of nitrogens with zero attached hydrogens (tertiary/aromatic N) is 3. The molecule has 1 amide bonds. The van der Waals surface area contributed by atoms with E-state index in [1.165, 1.54) is 11.8 Å². The Morgan fingerprint density at radius 2 is 2.00 bits per heavy atom. The van der Waals surface area contributed by atoms with Gasteiger partial charge in [-0.25, -0.2) is 9.50 Å². The monoisotopic (exact) mass is 452 g/mol. The second-order valence-corrected chi connectivity index (χ2v) is 8.10. The highest BCUT2D eigenvalue weighted by Gasteiger charge is 2.12. The first-order chi connectivity index (χ1) is 13.6. The number of carbonyl (C=O) groups excluding carboxylic acids is 1. The normalized spacial score (nSPS) is 10.9. The predicted molar refractivity (Wildman–Crippen MR) is 117 cm³/mol. The van der Waals surface area contributed by atoms with E-state index in [0.717, 1.165) is 37.5 Å². The molecule has 0 aliphatic rings. The van der Waals surface area contributed by atoms with E-state index >= 15 is 0 Å². The first-order valence-corrected chi connectivity index (χ1v) is 10.5. The third kappa shape index (κ3) is 4.10. The maximum atomic E-state index is 12.4. The van der Waals surface area contributed by atoms with E-state index < -0.39 is 0 Å². The lowest BCUT2D eigenvalue weighted by molar-refractivity contribution is -0.113. The van der Waals surface area contributed by atoms with Crippen molar-refractivity contribution in [1.82, 2.24) is 14.6 Å². The zero-order valence-electron chi connectivity index (χ0n) is 15.1. The number of fused-ring (bicyclic) bond motifs is 1. The number of thioether (sulfide) groups is 1. The van der Waals surface area contributed by atoms with Gasteiger partial charge in [-0.05, 0) is 46.6 Å². The Labute approximate surface area is 175 Å². The number of halogens is 1. The topological polar surface area (TPSA) is 59.3 Å². The van der Waals surface area contributed by atoms with Crippen LogP contribution in [0, 0.1) is 6.92 Å². The average Bonchev–Trinajstić information content (AvgIpc) is 3.14. The molecule has 28 heavy (non-hydrogen) atoms. The molecular formula is C21H17BrN4OS. The summed E-state index contributed by atoms with van der Waals surface area (Å²) in [5, 5.41) is 8.32. The standard InChI is InChI=1S/C21H17BrN4OS/c1-14-7-8-17(16(22)11-14)24-20(27)13-28-21-19-12-18(15-5-3-2-4-6-15)25-26(19)10-9-23-21/h2-12H,13H2,1H3,(H,24,27). The van der Waals surface area contributed by atoms with Gasteiger partial charge < -0.3 is 5.32 Å². The van der Waals surface area contributed by atoms with Gasteiger partial charge >= 0.3 is 0 Å². The SMILES string of the molecule is Cc1ccc(NC(=O)CSc2nccn3nc(-c4ccccc4)cc23)c(Br)c1. The first kappa shape index (κ1) is 18.7. The number of carbonyl (C=O) groups is 1. The minimum absolute atomic E-state index is 0.0823. The van der Waals surface area contributed by atoms with Crippen molar-refractivity contribution in [2.24, 2.45) is 0 Å². The van der Waals surface area contributed by atoms with Crippen LogP contribution in [0.1, 0.15) is 5.56 Å². The molecule has 2 aromatic carbocycles. The molecule has 0 aliphatic carbocycles. The molecule has 7 heteroatoms. The Morgan fingerprint density at radius 3 is 2.79 bits per heavy atom. The largest absolute Gasteiger partial charge is 0.324 e. The molecule has 2 heterocycles. The van der Waals surface area contributed by atoms with Gasteiger partial charge in [-0.3, -0.25) is 4.79 Å². The maximum Gasteiger partial charge on any atom is 0.234 e. The zero-order valence-corrected chi connectivity index (χ0v) is 17.5. The lowest BCUT2D eigenvalue weighted by Crippen LogP contribution is -2.14. The van der Waals surface area contributed by atoms with Crippen molar-refractivity contribution in [3.8, 4) is 11.3 Å². The number of hydrogen-bond donors (Lipinski definition) is 1. The molecule has 0 saturated carbocycles. The average molecular weight is 453 g/mol. The zero-order chi connectivity index (χ0) is 19.5. The third-order valence-electron chi connectivity index (χ3n) is 4.16. The molecule has 0 saturated heterocycles. The summed E-state index contributed by atoms with van der Waals surface area (Å²) < 4.78 is 2.67. The van der Waals surface area contributed by atoms with Crippen LogP contribution in [-0.4, -0.2) is 26.3 Å². The van der Waals surface area contributed by atoms with Crippen LogP contribution in [-0.2, 0) is 4.79 Å². The van der Waals surface area contributed by atoms with E-state index in [-0.39, 0.29) is 11.7 Å². The summed E-state index contributed by atoms with van der Waals surface area (Å²) in [6.07, 6.45) is 3.51. The van der Waals surface area contributed by atoms with Crippen molar-refractivity contribution in [3.05, 3.63) is 77.0 Å². The predicted octanol–water partition coefficient (Wildman–Crippen LogP) is 5.20. The Hall–Kier alpha value is -2.64. The van der Waals surface area contributed by atoms with Gasteiger partial charge in [0.05, 0.1) is 22.7 Å². The van der Waals surface area contributed by atoms with E-state index in [2.05, 4.69) is 31.3 Å². The fourth-order valence-electron chi connectivity index (χ4n) is 2.80. The molecular weight excluding hydrogens is 436 g/mol. The van der Waals surface area contributed by atoms with Crippen molar-refractivity contribution in [2.45, 2.75) is 11.9 Å². The number of benzene rings is 2. The second kappa shape index (κ2) is 8.16. The second-order valence-electron chi connectivity index (χ2n) is 6.28. The van der Waals surface area contributed by atoms with Crippen molar-refractivity contribution in [1.29, 1.82) is 0 Å². The van der Waals surface area contributed by atoms with Crippen LogP contribution < -0.4 is 5.32 Å². The summed E-state index contributed by atoms with van der Waals surface area (Å²) >= 11 is 4.88. The highest BCUT2D eigenvalue weighted by Crippen LogP contribution is 2.27. The van der Waals surface area contributed by atoms with Crippen LogP contribution in [0.4, 0.5) is 5.69 Å². The molecule has 0 unspecified atom stereocenters. The summed E-state index contributed by atoms with van der Waals surface area (Å²) in [7, 11) is 0. The molecule has 0 bridgehead atoms. The third-order valence-corrected chi connectivity index (χ3v) is 5.81. The van der Waals surface area contributed by atoms with Gasteiger partial charge in [-0.2, -0.15) is 5.10 Å². The van der Waals surface area contributed by atoms with Crippen LogP contribution in [0.15, 0.2) is 76.5 Å². The Morgan fingerprint density at radius 1 is 1.18 bits per heavy atom. The number of aryl methyl sites for hydroxylation is 1. The van der Waals surface area contributed by atoms with Crippen molar-refractivity contribution >= 4 is 44.8 Å². The molecule has 4 rings (SSSR count). The van der Waals surface area contributed by atoms with E-state index in [0.29, 0.717) is 0 Å². The van der Waals surface area contributed by atoms with E-state index in [9.17, 15) is 4.79 Å². The summed E-state index contributed by atoms with van der Waals surface area (Å²) in [6.45, 7) is 2.01. The molecule has 4 aromatic rings.